The van der Waals surface area contributed by atoms with Gasteiger partial charge in [-0.1, -0.05) is 0 Å². The third-order valence-electron chi connectivity index (χ3n) is 4.78. The van der Waals surface area contributed by atoms with Gasteiger partial charge in [0.2, 0.25) is 0 Å². The van der Waals surface area contributed by atoms with Crippen LogP contribution in [0.1, 0.15) is 11.1 Å². The molecule has 0 saturated heterocycles. The molecule has 0 bridgehead atoms. The highest BCUT2D eigenvalue weighted by molar-refractivity contribution is 5.78. The van der Waals surface area contributed by atoms with Crippen LogP contribution in [0.15, 0.2) is 30.3 Å². The van der Waals surface area contributed by atoms with E-state index in [2.05, 4.69) is 0 Å². The van der Waals surface area contributed by atoms with Crippen molar-refractivity contribution in [1.29, 1.82) is 0 Å². The first kappa shape index (κ1) is 20.2. The Morgan fingerprint density at radius 2 is 1.66 bits per heavy atom. The number of methoxy groups -OCH3 is 3. The third-order valence-corrected chi connectivity index (χ3v) is 4.78. The summed E-state index contributed by atoms with van der Waals surface area (Å²) in [4.78, 5) is 24.8. The van der Waals surface area contributed by atoms with Crippen molar-refractivity contribution in [2.45, 2.75) is 13.0 Å². The van der Waals surface area contributed by atoms with Crippen molar-refractivity contribution in [3.05, 3.63) is 51.6 Å². The van der Waals surface area contributed by atoms with Crippen molar-refractivity contribution in [2.24, 2.45) is 0 Å². The number of ether oxygens (including phenoxy) is 4. The molecule has 0 unspecified atom stereocenters. The van der Waals surface area contributed by atoms with Gasteiger partial charge in [0.05, 0.1) is 32.3 Å². The molecule has 9 heteroatoms. The number of benzene rings is 2. The van der Waals surface area contributed by atoms with Crippen molar-refractivity contribution < 1.29 is 28.7 Å². The van der Waals surface area contributed by atoms with Crippen LogP contribution in [0.3, 0.4) is 0 Å². The number of nitro groups is 1. The molecule has 154 valence electrons. The molecule has 0 N–H and O–H groups in total. The maximum Gasteiger partial charge on any atom is 0.273 e. The SMILES string of the molecule is COc1cc2c(cc1OC)CN(C(=O)COc1cc([N+](=O)[O-])ccc1OC)CC2. The van der Waals surface area contributed by atoms with Crippen LogP contribution in [-0.4, -0.2) is 50.2 Å². The van der Waals surface area contributed by atoms with Gasteiger partial charge >= 0.3 is 0 Å². The van der Waals surface area contributed by atoms with Crippen LogP contribution in [0.4, 0.5) is 5.69 Å². The van der Waals surface area contributed by atoms with Crippen molar-refractivity contribution in [3.8, 4) is 23.0 Å². The number of carbonyl (C=O) groups excluding carboxylic acids is 1. The van der Waals surface area contributed by atoms with Crippen LogP contribution >= 0.6 is 0 Å². The molecule has 1 aliphatic heterocycles. The molecule has 0 aromatic heterocycles. The van der Waals surface area contributed by atoms with E-state index in [1.165, 1.54) is 25.3 Å². The summed E-state index contributed by atoms with van der Waals surface area (Å²) in [7, 11) is 4.58. The van der Waals surface area contributed by atoms with Crippen molar-refractivity contribution in [2.75, 3.05) is 34.5 Å². The highest BCUT2D eigenvalue weighted by Crippen LogP contribution is 2.34. The second kappa shape index (κ2) is 8.68. The largest absolute Gasteiger partial charge is 0.493 e. The molecule has 0 aliphatic carbocycles. The molecule has 2 aromatic carbocycles. The van der Waals surface area contributed by atoms with Crippen molar-refractivity contribution in [3.63, 3.8) is 0 Å². The minimum Gasteiger partial charge on any atom is -0.493 e. The van der Waals surface area contributed by atoms with Gasteiger partial charge in [0, 0.05) is 19.2 Å². The standard InChI is InChI=1S/C20H22N2O7/c1-26-16-5-4-15(22(24)25)10-19(16)29-12-20(23)21-7-6-13-8-17(27-2)18(28-3)9-14(13)11-21/h4-5,8-10H,6-7,11-12H2,1-3H3. The van der Waals surface area contributed by atoms with Crippen LogP contribution in [-0.2, 0) is 17.8 Å². The zero-order valence-corrected chi connectivity index (χ0v) is 16.5. The third kappa shape index (κ3) is 4.34. The van der Waals surface area contributed by atoms with Crippen LogP contribution in [0, 0.1) is 10.1 Å². The smallest absolute Gasteiger partial charge is 0.273 e. The average Bonchev–Trinajstić information content (AvgIpc) is 2.75. The summed E-state index contributed by atoms with van der Waals surface area (Å²) in [5.74, 6) is 1.52. The minimum absolute atomic E-state index is 0.138. The van der Waals surface area contributed by atoms with Gasteiger partial charge in [-0.15, -0.1) is 0 Å². The van der Waals surface area contributed by atoms with Crippen LogP contribution in [0.25, 0.3) is 0 Å². The minimum atomic E-state index is -0.530. The van der Waals surface area contributed by atoms with E-state index in [1.807, 2.05) is 12.1 Å². The number of hydrogen-bond acceptors (Lipinski definition) is 7. The van der Waals surface area contributed by atoms with Crippen molar-refractivity contribution >= 4 is 11.6 Å². The quantitative estimate of drug-likeness (QED) is 0.518. The fourth-order valence-electron chi connectivity index (χ4n) is 3.22. The van der Waals surface area contributed by atoms with E-state index in [1.54, 1.807) is 19.1 Å². The Hall–Kier alpha value is -3.49. The van der Waals surface area contributed by atoms with Crippen LogP contribution < -0.4 is 18.9 Å². The van der Waals surface area contributed by atoms with Gasteiger partial charge in [-0.3, -0.25) is 14.9 Å². The first-order valence-corrected chi connectivity index (χ1v) is 8.93. The predicted molar refractivity (Wildman–Crippen MR) is 104 cm³/mol. The molecule has 1 aliphatic rings. The number of carbonyl (C=O) groups is 1. The Labute approximate surface area is 167 Å². The molecule has 9 nitrogen and oxygen atoms in total. The van der Waals surface area contributed by atoms with Gasteiger partial charge in [-0.05, 0) is 35.7 Å². The second-order valence-corrected chi connectivity index (χ2v) is 6.42. The number of fused-ring (bicyclic) bond motifs is 1. The Bertz CT molecular complexity index is 929. The normalized spacial score (nSPS) is 12.7. The summed E-state index contributed by atoms with van der Waals surface area (Å²) < 4.78 is 21.4. The lowest BCUT2D eigenvalue weighted by atomic mass is 9.99. The van der Waals surface area contributed by atoms with E-state index in [0.29, 0.717) is 36.8 Å². The van der Waals surface area contributed by atoms with Crippen LogP contribution in [0.5, 0.6) is 23.0 Å². The number of non-ortho nitro benzene ring substituents is 1. The summed E-state index contributed by atoms with van der Waals surface area (Å²) in [5.41, 5.74) is 1.95. The van der Waals surface area contributed by atoms with E-state index in [-0.39, 0.29) is 24.0 Å². The molecule has 0 saturated carbocycles. The molecule has 1 amide bonds. The van der Waals surface area contributed by atoms with E-state index in [0.717, 1.165) is 11.1 Å². The Morgan fingerprint density at radius 1 is 1.00 bits per heavy atom. The first-order chi connectivity index (χ1) is 14.0. The van der Waals surface area contributed by atoms with E-state index in [4.69, 9.17) is 18.9 Å². The highest BCUT2D eigenvalue weighted by atomic mass is 16.6. The van der Waals surface area contributed by atoms with E-state index < -0.39 is 4.92 Å². The lowest BCUT2D eigenvalue weighted by molar-refractivity contribution is -0.385. The zero-order valence-electron chi connectivity index (χ0n) is 16.5. The molecule has 0 fully saturated rings. The Kier molecular flexibility index (Phi) is 6.06. The van der Waals surface area contributed by atoms with Crippen LogP contribution in [0.2, 0.25) is 0 Å². The number of hydrogen-bond donors (Lipinski definition) is 0. The molecule has 29 heavy (non-hydrogen) atoms. The fourth-order valence-corrected chi connectivity index (χ4v) is 3.22. The number of amides is 1. The van der Waals surface area contributed by atoms with Gasteiger partial charge in [0.1, 0.15) is 0 Å². The van der Waals surface area contributed by atoms with Gasteiger partial charge in [-0.2, -0.15) is 0 Å². The maximum atomic E-state index is 12.6. The molecule has 0 atom stereocenters. The maximum absolute atomic E-state index is 12.6. The Balaban J connectivity index is 1.70. The summed E-state index contributed by atoms with van der Waals surface area (Å²) in [6.45, 7) is 0.709. The summed E-state index contributed by atoms with van der Waals surface area (Å²) >= 11 is 0. The molecular weight excluding hydrogens is 380 g/mol. The summed E-state index contributed by atoms with van der Waals surface area (Å²) in [6, 6.07) is 7.80. The predicted octanol–water partition coefficient (Wildman–Crippen LogP) is 2.58. The molecular formula is C20H22N2O7. The van der Waals surface area contributed by atoms with E-state index in [9.17, 15) is 14.9 Å². The number of nitro benzene ring substituents is 1. The highest BCUT2D eigenvalue weighted by Gasteiger charge is 2.24. The summed E-state index contributed by atoms with van der Waals surface area (Å²) in [6.07, 6.45) is 0.682. The lowest BCUT2D eigenvalue weighted by Gasteiger charge is -2.29. The van der Waals surface area contributed by atoms with Gasteiger partial charge < -0.3 is 23.8 Å². The van der Waals surface area contributed by atoms with Gasteiger partial charge in [0.25, 0.3) is 11.6 Å². The van der Waals surface area contributed by atoms with Crippen molar-refractivity contribution in [1.82, 2.24) is 4.90 Å². The van der Waals surface area contributed by atoms with Gasteiger partial charge in [0.15, 0.2) is 29.6 Å². The molecule has 0 radical (unpaired) electrons. The Morgan fingerprint density at radius 3 is 2.28 bits per heavy atom. The molecule has 3 rings (SSSR count). The average molecular weight is 402 g/mol. The summed E-state index contributed by atoms with van der Waals surface area (Å²) in [5, 5.41) is 11.0. The lowest BCUT2D eigenvalue weighted by Crippen LogP contribution is -2.38. The number of nitrogens with zero attached hydrogens (tertiary/aromatic N) is 2. The molecule has 0 spiro atoms. The first-order valence-electron chi connectivity index (χ1n) is 8.93. The van der Waals surface area contributed by atoms with E-state index >= 15 is 0 Å². The monoisotopic (exact) mass is 402 g/mol. The van der Waals surface area contributed by atoms with Gasteiger partial charge in [-0.25, -0.2) is 0 Å². The number of rotatable bonds is 7. The topological polar surface area (TPSA) is 100 Å². The molecule has 1 heterocycles. The fraction of sp³-hybridized carbons (Fsp3) is 0.350. The molecule has 2 aromatic rings. The second-order valence-electron chi connectivity index (χ2n) is 6.42. The zero-order chi connectivity index (χ0) is 21.0.